The van der Waals surface area contributed by atoms with Gasteiger partial charge in [0, 0.05) is 0 Å². The van der Waals surface area contributed by atoms with E-state index in [0.29, 0.717) is 0 Å². The van der Waals surface area contributed by atoms with E-state index >= 15 is 0 Å². The maximum atomic E-state index is 2.36. The van der Waals surface area contributed by atoms with E-state index in [1.54, 1.807) is 0 Å². The summed E-state index contributed by atoms with van der Waals surface area (Å²) in [5.41, 5.74) is 2.95. The molecule has 0 aliphatic carbocycles. The lowest BCUT2D eigenvalue weighted by Crippen LogP contribution is -2.10. The fourth-order valence-electron chi connectivity index (χ4n) is 1.79. The van der Waals surface area contributed by atoms with Gasteiger partial charge in [0.2, 0.25) is 0 Å². The van der Waals surface area contributed by atoms with Crippen molar-refractivity contribution in [2.45, 2.75) is 40.5 Å². The second kappa shape index (κ2) is 5.19. The number of hydrogen-bond acceptors (Lipinski definition) is 0. The second-order valence-electron chi connectivity index (χ2n) is 4.49. The molecule has 0 N–H and O–H groups in total. The quantitative estimate of drug-likeness (QED) is 0.667. The summed E-state index contributed by atoms with van der Waals surface area (Å²) in [6.07, 6.45) is 2.51. The van der Waals surface area contributed by atoms with Gasteiger partial charge in [0.25, 0.3) is 0 Å². The van der Waals surface area contributed by atoms with Crippen LogP contribution in [0.1, 0.15) is 38.3 Å². The topological polar surface area (TPSA) is 0 Å². The lowest BCUT2D eigenvalue weighted by Gasteiger charge is -2.19. The molecule has 2 unspecified atom stereocenters. The molecular weight excluding hydrogens is 168 g/mol. The van der Waals surface area contributed by atoms with Crippen LogP contribution in [-0.2, 0) is 6.42 Å². The zero-order valence-electron chi connectivity index (χ0n) is 9.88. The molecule has 14 heavy (non-hydrogen) atoms. The van der Waals surface area contributed by atoms with E-state index in [2.05, 4.69) is 52.0 Å². The third kappa shape index (κ3) is 2.87. The molecule has 1 aromatic rings. The molecule has 0 heterocycles. The maximum Gasteiger partial charge on any atom is -0.0248 e. The summed E-state index contributed by atoms with van der Waals surface area (Å²) in [6, 6.07) is 8.73. The van der Waals surface area contributed by atoms with Crippen LogP contribution in [0.4, 0.5) is 0 Å². The Kier molecular flexibility index (Phi) is 4.19. The molecule has 0 radical (unpaired) electrons. The van der Waals surface area contributed by atoms with Crippen molar-refractivity contribution in [1.82, 2.24) is 0 Å². The lowest BCUT2D eigenvalue weighted by atomic mass is 9.87. The molecule has 0 spiro atoms. The van der Waals surface area contributed by atoms with Gasteiger partial charge in [-0.25, -0.2) is 0 Å². The van der Waals surface area contributed by atoms with Crippen LogP contribution in [0.15, 0.2) is 24.3 Å². The fraction of sp³-hybridized carbons (Fsp3) is 0.571. The molecule has 0 saturated heterocycles. The van der Waals surface area contributed by atoms with Gasteiger partial charge in [0.15, 0.2) is 0 Å². The van der Waals surface area contributed by atoms with Crippen LogP contribution in [0, 0.1) is 18.8 Å². The molecule has 0 aliphatic rings. The Morgan fingerprint density at radius 3 is 2.29 bits per heavy atom. The molecule has 0 aliphatic heterocycles. The van der Waals surface area contributed by atoms with Crippen LogP contribution >= 0.6 is 0 Å². The van der Waals surface area contributed by atoms with Gasteiger partial charge >= 0.3 is 0 Å². The van der Waals surface area contributed by atoms with E-state index < -0.39 is 0 Å². The average molecular weight is 190 g/mol. The molecule has 0 amide bonds. The minimum atomic E-state index is 0.793. The van der Waals surface area contributed by atoms with E-state index in [1.807, 2.05) is 0 Å². The van der Waals surface area contributed by atoms with Crippen molar-refractivity contribution in [3.05, 3.63) is 35.4 Å². The Hall–Kier alpha value is -0.780. The minimum Gasteiger partial charge on any atom is -0.0651 e. The van der Waals surface area contributed by atoms with Gasteiger partial charge in [-0.15, -0.1) is 0 Å². The van der Waals surface area contributed by atoms with Gasteiger partial charge in [-0.1, -0.05) is 51.5 Å². The summed E-state index contributed by atoms with van der Waals surface area (Å²) < 4.78 is 0. The first-order chi connectivity index (χ1) is 6.65. The van der Waals surface area contributed by atoms with E-state index in [9.17, 15) is 0 Å². The van der Waals surface area contributed by atoms with Gasteiger partial charge in [-0.3, -0.25) is 0 Å². The molecule has 0 aromatic heterocycles. The smallest absolute Gasteiger partial charge is 0.0248 e. The summed E-state index contributed by atoms with van der Waals surface area (Å²) >= 11 is 0. The molecule has 0 saturated carbocycles. The van der Waals surface area contributed by atoms with Crippen LogP contribution in [0.5, 0.6) is 0 Å². The molecule has 0 fully saturated rings. The zero-order valence-corrected chi connectivity index (χ0v) is 9.88. The highest BCUT2D eigenvalue weighted by atomic mass is 14.2. The predicted octanol–water partition coefficient (Wildman–Crippen LogP) is 4.22. The Bertz CT molecular complexity index is 275. The first-order valence-electron chi connectivity index (χ1n) is 5.69. The van der Waals surface area contributed by atoms with Gasteiger partial charge in [-0.05, 0) is 36.3 Å². The molecule has 2 atom stereocenters. The van der Waals surface area contributed by atoms with Crippen LogP contribution in [0.25, 0.3) is 0 Å². The van der Waals surface area contributed by atoms with Crippen molar-refractivity contribution in [2.24, 2.45) is 11.8 Å². The molecular formula is C14H22. The third-order valence-electron chi connectivity index (χ3n) is 3.42. The van der Waals surface area contributed by atoms with Crippen LogP contribution in [-0.4, -0.2) is 0 Å². The summed E-state index contributed by atoms with van der Waals surface area (Å²) in [4.78, 5) is 0. The van der Waals surface area contributed by atoms with Crippen molar-refractivity contribution in [1.29, 1.82) is 0 Å². The van der Waals surface area contributed by atoms with Gasteiger partial charge in [-0.2, -0.15) is 0 Å². The van der Waals surface area contributed by atoms with Crippen molar-refractivity contribution in [3.8, 4) is 0 Å². The highest BCUT2D eigenvalue weighted by Gasteiger charge is 2.11. The van der Waals surface area contributed by atoms with E-state index in [0.717, 1.165) is 11.8 Å². The first kappa shape index (κ1) is 11.3. The standard InChI is InChI=1S/C14H22/c1-5-11(2)13(4)10-14-9-7-6-8-12(14)3/h6-9,11,13H,5,10H2,1-4H3. The SMILES string of the molecule is CCC(C)C(C)Cc1ccccc1C. The lowest BCUT2D eigenvalue weighted by molar-refractivity contribution is 0.375. The monoisotopic (exact) mass is 190 g/mol. The Labute approximate surface area is 88.4 Å². The molecule has 0 nitrogen and oxygen atoms in total. The summed E-state index contributed by atoms with van der Waals surface area (Å²) in [6.45, 7) is 9.20. The highest BCUT2D eigenvalue weighted by Crippen LogP contribution is 2.21. The first-order valence-corrected chi connectivity index (χ1v) is 5.69. The van der Waals surface area contributed by atoms with Crippen molar-refractivity contribution >= 4 is 0 Å². The number of hydrogen-bond donors (Lipinski definition) is 0. The zero-order chi connectivity index (χ0) is 10.6. The molecule has 1 rings (SSSR count). The molecule has 1 aromatic carbocycles. The third-order valence-corrected chi connectivity index (χ3v) is 3.42. The summed E-state index contributed by atoms with van der Waals surface area (Å²) in [5, 5.41) is 0. The normalized spacial score (nSPS) is 15.1. The second-order valence-corrected chi connectivity index (χ2v) is 4.49. The van der Waals surface area contributed by atoms with Crippen LogP contribution < -0.4 is 0 Å². The largest absolute Gasteiger partial charge is 0.0651 e. The van der Waals surface area contributed by atoms with Crippen molar-refractivity contribution in [3.63, 3.8) is 0 Å². The fourth-order valence-corrected chi connectivity index (χ4v) is 1.79. The van der Waals surface area contributed by atoms with Gasteiger partial charge in [0.05, 0.1) is 0 Å². The highest BCUT2D eigenvalue weighted by molar-refractivity contribution is 5.25. The van der Waals surface area contributed by atoms with Gasteiger partial charge in [0.1, 0.15) is 0 Å². The Morgan fingerprint density at radius 2 is 1.71 bits per heavy atom. The molecule has 0 heteroatoms. The average Bonchev–Trinajstić information content (AvgIpc) is 2.20. The number of benzene rings is 1. The van der Waals surface area contributed by atoms with Gasteiger partial charge < -0.3 is 0 Å². The minimum absolute atomic E-state index is 0.793. The molecule has 78 valence electrons. The van der Waals surface area contributed by atoms with E-state index in [1.165, 1.54) is 24.0 Å². The summed E-state index contributed by atoms with van der Waals surface area (Å²) in [5.74, 6) is 1.62. The van der Waals surface area contributed by atoms with E-state index in [4.69, 9.17) is 0 Å². The predicted molar refractivity (Wildman–Crippen MR) is 63.5 cm³/mol. The van der Waals surface area contributed by atoms with E-state index in [-0.39, 0.29) is 0 Å². The molecule has 0 bridgehead atoms. The number of aryl methyl sites for hydroxylation is 1. The Morgan fingerprint density at radius 1 is 1.07 bits per heavy atom. The van der Waals surface area contributed by atoms with Crippen molar-refractivity contribution < 1.29 is 0 Å². The maximum absolute atomic E-state index is 2.36. The van der Waals surface area contributed by atoms with Crippen molar-refractivity contribution in [2.75, 3.05) is 0 Å². The Balaban J connectivity index is 2.64. The van der Waals surface area contributed by atoms with Crippen LogP contribution in [0.3, 0.4) is 0 Å². The van der Waals surface area contributed by atoms with Crippen LogP contribution in [0.2, 0.25) is 0 Å². The number of rotatable bonds is 4. The summed E-state index contributed by atoms with van der Waals surface area (Å²) in [7, 11) is 0.